The van der Waals surface area contributed by atoms with E-state index in [1.165, 1.54) is 24.2 Å². The Kier molecular flexibility index (Phi) is 6.21. The maximum Gasteiger partial charge on any atom is 0.233 e. The lowest BCUT2D eigenvalue weighted by molar-refractivity contribution is -0.117. The summed E-state index contributed by atoms with van der Waals surface area (Å²) in [4.78, 5) is 19.7. The number of rotatable bonds is 6. The summed E-state index contributed by atoms with van der Waals surface area (Å²) in [5.41, 5.74) is 2.12. The van der Waals surface area contributed by atoms with Crippen LogP contribution in [0.25, 0.3) is 0 Å². The summed E-state index contributed by atoms with van der Waals surface area (Å²) in [6.45, 7) is 7.54. The normalized spacial score (nSPS) is 17.4. The van der Waals surface area contributed by atoms with Crippen LogP contribution in [-0.4, -0.2) is 28.9 Å². The minimum absolute atomic E-state index is 0.0291. The van der Waals surface area contributed by atoms with Gasteiger partial charge in [0, 0.05) is 11.9 Å². The van der Waals surface area contributed by atoms with Crippen molar-refractivity contribution in [2.45, 2.75) is 45.6 Å². The molecule has 1 amide bonds. The monoisotopic (exact) mass is 357 g/mol. The molecule has 1 aromatic carbocycles. The number of carbonyl (C=O) groups excluding carboxylic acids is 1. The van der Waals surface area contributed by atoms with Gasteiger partial charge in [0.1, 0.15) is 0 Å². The Morgan fingerprint density at radius 2 is 2.04 bits per heavy atom. The first kappa shape index (κ1) is 18.1. The highest BCUT2D eigenvalue weighted by atomic mass is 32.1. The van der Waals surface area contributed by atoms with Crippen molar-refractivity contribution >= 4 is 22.4 Å². The van der Waals surface area contributed by atoms with E-state index in [2.05, 4.69) is 27.5 Å². The van der Waals surface area contributed by atoms with Gasteiger partial charge in [-0.2, -0.15) is 0 Å². The molecule has 2 aromatic rings. The fourth-order valence-electron chi connectivity index (χ4n) is 3.34. The number of thiazole rings is 1. The molecule has 1 unspecified atom stereocenters. The number of likely N-dealkylation sites (tertiary alicyclic amines) is 1. The van der Waals surface area contributed by atoms with E-state index >= 15 is 0 Å². The molecular formula is C20H27N3OS. The van der Waals surface area contributed by atoms with Gasteiger partial charge in [0.2, 0.25) is 5.91 Å². The maximum absolute atomic E-state index is 12.6. The summed E-state index contributed by atoms with van der Waals surface area (Å²) in [6.07, 6.45) is 3.31. The topological polar surface area (TPSA) is 45.2 Å². The van der Waals surface area contributed by atoms with Gasteiger partial charge in [-0.05, 0) is 43.8 Å². The lowest BCUT2D eigenvalue weighted by Gasteiger charge is -2.29. The van der Waals surface area contributed by atoms with Crippen LogP contribution in [0.3, 0.4) is 0 Å². The molecule has 5 heteroatoms. The molecule has 0 radical (unpaired) electrons. The highest BCUT2D eigenvalue weighted by Crippen LogP contribution is 2.24. The van der Waals surface area contributed by atoms with Crippen molar-refractivity contribution in [3.63, 3.8) is 0 Å². The van der Waals surface area contributed by atoms with Gasteiger partial charge in [-0.3, -0.25) is 9.69 Å². The Balaban J connectivity index is 1.58. The SMILES string of the molecule is CCC(C(=O)Nc1nc(CN2CCC(C)CC2)cs1)c1ccccc1. The lowest BCUT2D eigenvalue weighted by atomic mass is 9.96. The number of benzene rings is 1. The van der Waals surface area contributed by atoms with E-state index in [4.69, 9.17) is 0 Å². The molecule has 1 atom stereocenters. The zero-order valence-electron chi connectivity index (χ0n) is 15.1. The predicted octanol–water partition coefficient (Wildman–Crippen LogP) is 4.51. The molecular weight excluding hydrogens is 330 g/mol. The van der Waals surface area contributed by atoms with Gasteiger partial charge >= 0.3 is 0 Å². The van der Waals surface area contributed by atoms with Gasteiger partial charge in [0.25, 0.3) is 0 Å². The van der Waals surface area contributed by atoms with E-state index < -0.39 is 0 Å². The molecule has 2 heterocycles. The fourth-order valence-corrected chi connectivity index (χ4v) is 4.04. The number of amides is 1. The van der Waals surface area contributed by atoms with Crippen molar-refractivity contribution < 1.29 is 4.79 Å². The first-order valence-electron chi connectivity index (χ1n) is 9.18. The van der Waals surface area contributed by atoms with Gasteiger partial charge in [-0.1, -0.05) is 44.2 Å². The summed E-state index contributed by atoms with van der Waals surface area (Å²) in [6, 6.07) is 9.96. The van der Waals surface area contributed by atoms with Crippen molar-refractivity contribution in [3.05, 3.63) is 47.0 Å². The van der Waals surface area contributed by atoms with Crippen molar-refractivity contribution in [2.24, 2.45) is 5.92 Å². The molecule has 0 spiro atoms. The smallest absolute Gasteiger partial charge is 0.233 e. The molecule has 0 aliphatic carbocycles. The molecule has 25 heavy (non-hydrogen) atoms. The molecule has 1 aliphatic heterocycles. The highest BCUT2D eigenvalue weighted by molar-refractivity contribution is 7.13. The number of carbonyl (C=O) groups is 1. The third-order valence-corrected chi connectivity index (χ3v) is 5.78. The summed E-state index contributed by atoms with van der Waals surface area (Å²) >= 11 is 1.52. The second kappa shape index (κ2) is 8.59. The summed E-state index contributed by atoms with van der Waals surface area (Å²) in [5.74, 6) is 0.740. The zero-order valence-corrected chi connectivity index (χ0v) is 15.9. The third-order valence-electron chi connectivity index (χ3n) is 4.97. The zero-order chi connectivity index (χ0) is 17.6. The molecule has 1 aliphatic rings. The molecule has 1 aromatic heterocycles. The van der Waals surface area contributed by atoms with Gasteiger partial charge in [0.05, 0.1) is 11.6 Å². The van der Waals surface area contributed by atoms with E-state index in [1.807, 2.05) is 37.3 Å². The van der Waals surface area contributed by atoms with Crippen LogP contribution in [0, 0.1) is 5.92 Å². The number of aromatic nitrogens is 1. The first-order valence-corrected chi connectivity index (χ1v) is 10.1. The van der Waals surface area contributed by atoms with Crippen LogP contribution in [0.5, 0.6) is 0 Å². The molecule has 3 rings (SSSR count). The minimum atomic E-state index is -0.128. The fraction of sp³-hybridized carbons (Fsp3) is 0.500. The molecule has 134 valence electrons. The molecule has 4 nitrogen and oxygen atoms in total. The lowest BCUT2D eigenvalue weighted by Crippen LogP contribution is -2.32. The summed E-state index contributed by atoms with van der Waals surface area (Å²) in [5, 5.41) is 5.78. The molecule has 0 bridgehead atoms. The number of hydrogen-bond donors (Lipinski definition) is 1. The van der Waals surface area contributed by atoms with Crippen molar-refractivity contribution in [2.75, 3.05) is 18.4 Å². The average Bonchev–Trinajstić information content (AvgIpc) is 3.05. The molecule has 0 saturated carbocycles. The van der Waals surface area contributed by atoms with Crippen LogP contribution in [0.15, 0.2) is 35.7 Å². The molecule has 1 N–H and O–H groups in total. The van der Waals surface area contributed by atoms with Crippen LogP contribution >= 0.6 is 11.3 Å². The minimum Gasteiger partial charge on any atom is -0.301 e. The first-order chi connectivity index (χ1) is 12.2. The van der Waals surface area contributed by atoms with E-state index in [0.29, 0.717) is 5.13 Å². The number of anilines is 1. The van der Waals surface area contributed by atoms with Gasteiger partial charge < -0.3 is 5.32 Å². The van der Waals surface area contributed by atoms with Crippen LogP contribution < -0.4 is 5.32 Å². The Bertz CT molecular complexity index is 677. The Labute approximate surface area is 154 Å². The van der Waals surface area contributed by atoms with Crippen LogP contribution in [0.1, 0.15) is 50.3 Å². The number of nitrogens with one attached hydrogen (secondary N) is 1. The Hall–Kier alpha value is -1.72. The van der Waals surface area contributed by atoms with Gasteiger partial charge in [0.15, 0.2) is 5.13 Å². The quantitative estimate of drug-likeness (QED) is 0.827. The Morgan fingerprint density at radius 1 is 1.32 bits per heavy atom. The van der Waals surface area contributed by atoms with Crippen molar-refractivity contribution in [1.29, 1.82) is 0 Å². The Morgan fingerprint density at radius 3 is 2.72 bits per heavy atom. The van der Waals surface area contributed by atoms with Crippen molar-refractivity contribution in [3.8, 4) is 0 Å². The van der Waals surface area contributed by atoms with Crippen molar-refractivity contribution in [1.82, 2.24) is 9.88 Å². The number of nitrogens with zero attached hydrogens (tertiary/aromatic N) is 2. The number of piperidine rings is 1. The number of hydrogen-bond acceptors (Lipinski definition) is 4. The average molecular weight is 358 g/mol. The highest BCUT2D eigenvalue weighted by Gasteiger charge is 2.20. The van der Waals surface area contributed by atoms with E-state index in [-0.39, 0.29) is 11.8 Å². The standard InChI is InChI=1S/C20H27N3OS/c1-3-18(16-7-5-4-6-8-16)19(24)22-20-21-17(14-25-20)13-23-11-9-15(2)10-12-23/h4-8,14-15,18H,3,9-13H2,1-2H3,(H,21,22,24). The summed E-state index contributed by atoms with van der Waals surface area (Å²) in [7, 11) is 0. The second-order valence-electron chi connectivity index (χ2n) is 6.96. The predicted molar refractivity (Wildman–Crippen MR) is 104 cm³/mol. The van der Waals surface area contributed by atoms with Crippen LogP contribution in [0.2, 0.25) is 0 Å². The van der Waals surface area contributed by atoms with Gasteiger partial charge in [-0.25, -0.2) is 4.98 Å². The van der Waals surface area contributed by atoms with E-state index in [0.717, 1.165) is 43.2 Å². The third kappa shape index (κ3) is 4.89. The van der Waals surface area contributed by atoms with Crippen LogP contribution in [-0.2, 0) is 11.3 Å². The second-order valence-corrected chi connectivity index (χ2v) is 7.82. The van der Waals surface area contributed by atoms with Gasteiger partial charge in [-0.15, -0.1) is 11.3 Å². The van der Waals surface area contributed by atoms with E-state index in [1.54, 1.807) is 0 Å². The largest absolute Gasteiger partial charge is 0.301 e. The molecule has 1 saturated heterocycles. The van der Waals surface area contributed by atoms with Crippen LogP contribution in [0.4, 0.5) is 5.13 Å². The maximum atomic E-state index is 12.6. The molecule has 1 fully saturated rings. The van der Waals surface area contributed by atoms with E-state index in [9.17, 15) is 4.79 Å². The summed E-state index contributed by atoms with van der Waals surface area (Å²) < 4.78 is 0.